The summed E-state index contributed by atoms with van der Waals surface area (Å²) in [4.78, 5) is 23.9. The van der Waals surface area contributed by atoms with Crippen LogP contribution in [0.3, 0.4) is 0 Å². The van der Waals surface area contributed by atoms with E-state index in [2.05, 4.69) is 40.4 Å². The van der Waals surface area contributed by atoms with Gasteiger partial charge in [0.05, 0.1) is 5.56 Å². The van der Waals surface area contributed by atoms with E-state index in [1.54, 1.807) is 30.5 Å². The molecule has 0 spiro atoms. The molecule has 1 aliphatic rings. The molecule has 9 heteroatoms. The maximum absolute atomic E-state index is 13.2. The average molecular weight is 517 g/mol. The minimum atomic E-state index is -4.28. The van der Waals surface area contributed by atoms with E-state index in [1.165, 1.54) is 12.1 Å². The predicted octanol–water partition coefficient (Wildman–Crippen LogP) is 5.17. The Balaban J connectivity index is 1.40. The Labute approximate surface area is 216 Å². The van der Waals surface area contributed by atoms with Crippen molar-refractivity contribution in [2.75, 3.05) is 11.4 Å². The third kappa shape index (κ3) is 4.74. The number of ether oxygens (including phenoxy) is 1. The van der Waals surface area contributed by atoms with Crippen LogP contribution in [0.4, 0.5) is 5.82 Å². The minimum Gasteiger partial charge on any atom is -0.438 e. The maximum Gasteiger partial charge on any atom is 0.281 e. The topological polar surface area (TPSA) is 101 Å². The van der Waals surface area contributed by atoms with E-state index in [-0.39, 0.29) is 22.0 Å². The van der Waals surface area contributed by atoms with Crippen molar-refractivity contribution in [3.05, 3.63) is 84.6 Å². The van der Waals surface area contributed by atoms with Crippen LogP contribution in [0.2, 0.25) is 0 Å². The molecule has 1 N–H and O–H groups in total. The second-order valence-corrected chi connectivity index (χ2v) is 11.3. The Morgan fingerprint density at radius 3 is 2.57 bits per heavy atom. The van der Waals surface area contributed by atoms with Gasteiger partial charge in [0.25, 0.3) is 15.9 Å². The number of rotatable bonds is 6. The van der Waals surface area contributed by atoms with Gasteiger partial charge in [-0.15, -0.1) is 0 Å². The van der Waals surface area contributed by atoms with Gasteiger partial charge in [0.1, 0.15) is 11.6 Å². The van der Waals surface area contributed by atoms with E-state index in [0.29, 0.717) is 17.5 Å². The number of nitrogens with one attached hydrogen (secondary N) is 1. The maximum atomic E-state index is 13.2. The van der Waals surface area contributed by atoms with Gasteiger partial charge in [-0.2, -0.15) is 13.4 Å². The van der Waals surface area contributed by atoms with Crippen LogP contribution in [0.1, 0.15) is 37.6 Å². The fourth-order valence-electron chi connectivity index (χ4n) is 4.63. The quantitative estimate of drug-likeness (QED) is 0.377. The second kappa shape index (κ2) is 9.48. The van der Waals surface area contributed by atoms with E-state index in [1.807, 2.05) is 36.4 Å². The summed E-state index contributed by atoms with van der Waals surface area (Å²) >= 11 is 0. The highest BCUT2D eigenvalue weighted by Gasteiger charge is 2.40. The number of anilines is 1. The average Bonchev–Trinajstić information content (AvgIpc) is 3.16. The number of sulfonamides is 1. The standard InChI is InChI=1S/C28H28N4O4S/c1-19-16-18-32(28(19,2)3)26-22(12-8-17-29-26)27(33)31-37(34,35)25-15-7-14-24(30-25)36-23-13-6-10-20-9-4-5-11-21(20)23/h4-15,17,19H,16,18H2,1-3H3,(H,31,33). The summed E-state index contributed by atoms with van der Waals surface area (Å²) < 4.78 is 34.4. The van der Waals surface area contributed by atoms with Gasteiger partial charge < -0.3 is 9.64 Å². The largest absolute Gasteiger partial charge is 0.438 e. The summed E-state index contributed by atoms with van der Waals surface area (Å²) in [7, 11) is -4.28. The highest BCUT2D eigenvalue weighted by Crippen LogP contribution is 2.38. The van der Waals surface area contributed by atoms with Crippen LogP contribution in [-0.4, -0.2) is 36.4 Å². The van der Waals surface area contributed by atoms with Crippen LogP contribution in [-0.2, 0) is 10.0 Å². The molecular weight excluding hydrogens is 488 g/mol. The van der Waals surface area contributed by atoms with Crippen LogP contribution in [0, 0.1) is 5.92 Å². The number of aromatic nitrogens is 2. The first-order valence-corrected chi connectivity index (χ1v) is 13.6. The molecule has 2 aromatic heterocycles. The van der Waals surface area contributed by atoms with Crippen LogP contribution >= 0.6 is 0 Å². The van der Waals surface area contributed by atoms with Crippen molar-refractivity contribution in [1.82, 2.24) is 14.7 Å². The predicted molar refractivity (Wildman–Crippen MR) is 142 cm³/mol. The molecule has 0 aliphatic carbocycles. The first kappa shape index (κ1) is 24.7. The third-order valence-electron chi connectivity index (χ3n) is 7.14. The van der Waals surface area contributed by atoms with Gasteiger partial charge in [-0.05, 0) is 55.8 Å². The molecule has 1 unspecified atom stereocenters. The molecule has 1 aliphatic heterocycles. The van der Waals surface area contributed by atoms with Gasteiger partial charge in [-0.1, -0.05) is 49.4 Å². The fourth-order valence-corrected chi connectivity index (χ4v) is 5.55. The van der Waals surface area contributed by atoms with Crippen molar-refractivity contribution in [2.24, 2.45) is 5.92 Å². The first-order valence-electron chi connectivity index (χ1n) is 12.1. The summed E-state index contributed by atoms with van der Waals surface area (Å²) in [5, 5.41) is 1.54. The molecular formula is C28H28N4O4S. The molecule has 1 saturated heterocycles. The molecule has 0 saturated carbocycles. The van der Waals surface area contributed by atoms with E-state index in [9.17, 15) is 13.2 Å². The molecule has 0 bridgehead atoms. The fraction of sp³-hybridized carbons (Fsp3) is 0.250. The zero-order chi connectivity index (χ0) is 26.2. The number of pyridine rings is 2. The SMILES string of the molecule is CC1CCN(c2ncccc2C(=O)NS(=O)(=O)c2cccc(Oc3cccc4ccccc34)n2)C1(C)C. The molecule has 3 heterocycles. The van der Waals surface area contributed by atoms with Crippen molar-refractivity contribution >= 4 is 32.5 Å². The van der Waals surface area contributed by atoms with E-state index < -0.39 is 15.9 Å². The van der Waals surface area contributed by atoms with Crippen LogP contribution in [0.5, 0.6) is 11.6 Å². The number of carbonyl (C=O) groups is 1. The van der Waals surface area contributed by atoms with Gasteiger partial charge in [0, 0.05) is 29.7 Å². The molecule has 8 nitrogen and oxygen atoms in total. The number of nitrogens with zero attached hydrogens (tertiary/aromatic N) is 3. The Hall–Kier alpha value is -3.98. The van der Waals surface area contributed by atoms with E-state index >= 15 is 0 Å². The van der Waals surface area contributed by atoms with Gasteiger partial charge in [-0.3, -0.25) is 4.79 Å². The van der Waals surface area contributed by atoms with Crippen LogP contribution in [0.15, 0.2) is 84.0 Å². The first-order chi connectivity index (χ1) is 17.7. The third-order valence-corrected chi connectivity index (χ3v) is 8.37. The number of hydrogen-bond acceptors (Lipinski definition) is 7. The van der Waals surface area contributed by atoms with Crippen LogP contribution < -0.4 is 14.4 Å². The molecule has 190 valence electrons. The van der Waals surface area contributed by atoms with Crippen molar-refractivity contribution in [3.8, 4) is 11.6 Å². The number of amides is 1. The van der Waals surface area contributed by atoms with E-state index in [4.69, 9.17) is 4.74 Å². The summed E-state index contributed by atoms with van der Waals surface area (Å²) in [5.41, 5.74) is -0.0340. The summed E-state index contributed by atoms with van der Waals surface area (Å²) in [6, 6.07) is 20.9. The lowest BCUT2D eigenvalue weighted by atomic mass is 9.90. The Bertz CT molecular complexity index is 1580. The lowest BCUT2D eigenvalue weighted by Crippen LogP contribution is -2.43. The number of carbonyl (C=O) groups excluding carboxylic acids is 1. The van der Waals surface area contributed by atoms with Gasteiger partial charge in [0.15, 0.2) is 5.03 Å². The molecule has 2 aromatic carbocycles. The number of hydrogen-bond donors (Lipinski definition) is 1. The van der Waals surface area contributed by atoms with Crippen LogP contribution in [0.25, 0.3) is 10.8 Å². The summed E-state index contributed by atoms with van der Waals surface area (Å²) in [6.07, 6.45) is 2.56. The van der Waals surface area contributed by atoms with Crippen molar-refractivity contribution in [1.29, 1.82) is 0 Å². The summed E-state index contributed by atoms with van der Waals surface area (Å²) in [6.45, 7) is 7.09. The van der Waals surface area contributed by atoms with Crippen molar-refractivity contribution in [2.45, 2.75) is 37.8 Å². The number of benzene rings is 2. The monoisotopic (exact) mass is 516 g/mol. The van der Waals surface area contributed by atoms with Gasteiger partial charge in [0.2, 0.25) is 5.88 Å². The van der Waals surface area contributed by atoms with Gasteiger partial charge >= 0.3 is 0 Å². The molecule has 5 rings (SSSR count). The minimum absolute atomic E-state index is 0.0987. The zero-order valence-corrected chi connectivity index (χ0v) is 21.7. The summed E-state index contributed by atoms with van der Waals surface area (Å²) in [5.74, 6) is 0.738. The number of fused-ring (bicyclic) bond motifs is 1. The molecule has 1 atom stereocenters. The molecule has 37 heavy (non-hydrogen) atoms. The van der Waals surface area contributed by atoms with E-state index in [0.717, 1.165) is 23.7 Å². The highest BCUT2D eigenvalue weighted by molar-refractivity contribution is 7.90. The van der Waals surface area contributed by atoms with Crippen molar-refractivity contribution in [3.63, 3.8) is 0 Å². The van der Waals surface area contributed by atoms with Gasteiger partial charge in [-0.25, -0.2) is 9.71 Å². The Morgan fingerprint density at radius 1 is 1.03 bits per heavy atom. The van der Waals surface area contributed by atoms with Crippen molar-refractivity contribution < 1.29 is 17.9 Å². The normalized spacial score (nSPS) is 17.1. The lowest BCUT2D eigenvalue weighted by Gasteiger charge is -2.36. The molecule has 0 radical (unpaired) electrons. The Kier molecular flexibility index (Phi) is 6.33. The molecule has 4 aromatic rings. The smallest absolute Gasteiger partial charge is 0.281 e. The Morgan fingerprint density at radius 2 is 1.78 bits per heavy atom. The lowest BCUT2D eigenvalue weighted by molar-refractivity contribution is 0.0981. The second-order valence-electron chi connectivity index (χ2n) is 9.70. The molecule has 1 fully saturated rings. The zero-order valence-electron chi connectivity index (χ0n) is 20.9. The highest BCUT2D eigenvalue weighted by atomic mass is 32.2. The molecule has 1 amide bonds.